The molecule has 1 aliphatic heterocycles. The molecule has 1 amide bonds. The lowest BCUT2D eigenvalue weighted by molar-refractivity contribution is -0.385. The molecule has 0 radical (unpaired) electrons. The number of hydrogen-bond acceptors (Lipinski definition) is 7. The zero-order valence-electron chi connectivity index (χ0n) is 23.5. The summed E-state index contributed by atoms with van der Waals surface area (Å²) in [6.45, 7) is -0.0643. The van der Waals surface area contributed by atoms with Crippen molar-refractivity contribution in [1.29, 1.82) is 0 Å². The Kier molecular flexibility index (Phi) is 9.33. The van der Waals surface area contributed by atoms with E-state index in [1.54, 1.807) is 24.3 Å². The molecule has 0 spiro atoms. The zero-order valence-corrected chi connectivity index (χ0v) is 25.8. The fourth-order valence-corrected chi connectivity index (χ4v) is 6.21. The average Bonchev–Trinajstić information content (AvgIpc) is 3.02. The summed E-state index contributed by atoms with van der Waals surface area (Å²) in [6, 6.07) is 18.9. The quantitative estimate of drug-likeness (QED) is 0.150. The highest BCUT2D eigenvalue weighted by Gasteiger charge is 2.37. The lowest BCUT2D eigenvalue weighted by Gasteiger charge is -2.37. The maximum atomic E-state index is 13.7. The minimum Gasteiger partial charge on any atom is -0.456 e. The monoisotopic (exact) mass is 694 g/mol. The van der Waals surface area contributed by atoms with Gasteiger partial charge in [-0.15, -0.1) is 0 Å². The first-order valence-electron chi connectivity index (χ1n) is 13.5. The zero-order chi connectivity index (χ0) is 33.2. The van der Waals surface area contributed by atoms with Crippen molar-refractivity contribution in [2.24, 2.45) is 0 Å². The van der Waals surface area contributed by atoms with Crippen LogP contribution in [0.25, 0.3) is 0 Å². The van der Waals surface area contributed by atoms with E-state index in [1.807, 2.05) is 0 Å². The van der Waals surface area contributed by atoms with E-state index in [1.165, 1.54) is 52.3 Å². The van der Waals surface area contributed by atoms with Crippen molar-refractivity contribution in [2.45, 2.75) is 11.1 Å². The first-order valence-corrected chi connectivity index (χ1v) is 15.7. The van der Waals surface area contributed by atoms with Gasteiger partial charge in [0.05, 0.1) is 31.7 Å². The molecular formula is C30H23Cl2F3N4O6S. The third kappa shape index (κ3) is 7.30. The van der Waals surface area contributed by atoms with Crippen LogP contribution in [0.1, 0.15) is 15.9 Å². The van der Waals surface area contributed by atoms with Crippen molar-refractivity contribution in [2.75, 3.05) is 35.8 Å². The highest BCUT2D eigenvalue weighted by molar-refractivity contribution is 7.92. The standard InChI is InChI=1S/C30H23Cl2F3N4O6S/c31-19-5-11-26(36-46(43,44)22-9-7-21(8-10-22)45-28-4-2-1-3-25(28)32)23(17-19)29(40)38-15-13-37(14-16-38)27-12-6-20(39(41)42)18-24(27)30(33,34)35/h1-12,17-18,36H,13-16H2. The van der Waals surface area contributed by atoms with Crippen LogP contribution in [0.3, 0.4) is 0 Å². The molecule has 16 heteroatoms. The summed E-state index contributed by atoms with van der Waals surface area (Å²) in [4.78, 5) is 26.3. The summed E-state index contributed by atoms with van der Waals surface area (Å²) in [7, 11) is -4.19. The van der Waals surface area contributed by atoms with E-state index in [4.69, 9.17) is 27.9 Å². The molecule has 1 N–H and O–H groups in total. The smallest absolute Gasteiger partial charge is 0.418 e. The molecule has 4 aromatic carbocycles. The molecule has 0 atom stereocenters. The molecule has 240 valence electrons. The lowest BCUT2D eigenvalue weighted by Crippen LogP contribution is -2.49. The second-order valence-electron chi connectivity index (χ2n) is 10.0. The van der Waals surface area contributed by atoms with E-state index < -0.39 is 38.3 Å². The van der Waals surface area contributed by atoms with Gasteiger partial charge in [-0.2, -0.15) is 13.2 Å². The lowest BCUT2D eigenvalue weighted by atomic mass is 10.1. The Labute approximate surface area is 271 Å². The third-order valence-electron chi connectivity index (χ3n) is 7.06. The number of non-ortho nitro benzene ring substituents is 1. The molecular weight excluding hydrogens is 672 g/mol. The van der Waals surface area contributed by atoms with Gasteiger partial charge in [-0.25, -0.2) is 8.42 Å². The molecule has 1 aliphatic rings. The van der Waals surface area contributed by atoms with Crippen molar-refractivity contribution in [3.8, 4) is 11.5 Å². The maximum absolute atomic E-state index is 13.7. The number of piperazine rings is 1. The number of carbonyl (C=O) groups excluding carboxylic acids is 1. The van der Waals surface area contributed by atoms with Gasteiger partial charge >= 0.3 is 6.18 Å². The van der Waals surface area contributed by atoms with Crippen molar-refractivity contribution in [3.63, 3.8) is 0 Å². The molecule has 10 nitrogen and oxygen atoms in total. The highest BCUT2D eigenvalue weighted by atomic mass is 35.5. The average molecular weight is 696 g/mol. The number of halogens is 5. The third-order valence-corrected chi connectivity index (χ3v) is 8.99. The minimum absolute atomic E-state index is 0.0152. The molecule has 1 heterocycles. The van der Waals surface area contributed by atoms with E-state index in [0.717, 1.165) is 12.1 Å². The van der Waals surface area contributed by atoms with Gasteiger partial charge in [-0.1, -0.05) is 35.3 Å². The van der Waals surface area contributed by atoms with Crippen molar-refractivity contribution in [3.05, 3.63) is 116 Å². The molecule has 1 saturated heterocycles. The molecule has 4 aromatic rings. The van der Waals surface area contributed by atoms with E-state index in [-0.39, 0.29) is 53.0 Å². The van der Waals surface area contributed by atoms with E-state index in [9.17, 15) is 36.5 Å². The van der Waals surface area contributed by atoms with Gasteiger partial charge in [-0.05, 0) is 60.7 Å². The van der Waals surface area contributed by atoms with Gasteiger partial charge in [0.2, 0.25) is 0 Å². The number of nitrogens with one attached hydrogen (secondary N) is 1. The van der Waals surface area contributed by atoms with E-state index in [2.05, 4.69) is 4.72 Å². The van der Waals surface area contributed by atoms with Crippen LogP contribution in [-0.4, -0.2) is 50.3 Å². The van der Waals surface area contributed by atoms with Crippen LogP contribution < -0.4 is 14.4 Å². The number of benzene rings is 4. The second kappa shape index (κ2) is 13.1. The summed E-state index contributed by atoms with van der Waals surface area (Å²) < 4.78 is 75.9. The Balaban J connectivity index is 1.31. The van der Waals surface area contributed by atoms with Crippen LogP contribution in [0.15, 0.2) is 89.8 Å². The predicted molar refractivity (Wildman–Crippen MR) is 166 cm³/mol. The summed E-state index contributed by atoms with van der Waals surface area (Å²) in [5.41, 5.74) is -2.21. The number of anilines is 2. The maximum Gasteiger partial charge on any atom is 0.418 e. The van der Waals surface area contributed by atoms with Gasteiger partial charge in [-0.3, -0.25) is 19.6 Å². The number of alkyl halides is 3. The van der Waals surface area contributed by atoms with Gasteiger partial charge in [0, 0.05) is 49.0 Å². The largest absolute Gasteiger partial charge is 0.456 e. The van der Waals surface area contributed by atoms with Gasteiger partial charge in [0.15, 0.2) is 0 Å². The minimum atomic E-state index is -4.84. The Bertz CT molecular complexity index is 1900. The van der Waals surface area contributed by atoms with Crippen LogP contribution in [0.5, 0.6) is 11.5 Å². The summed E-state index contributed by atoms with van der Waals surface area (Å²) >= 11 is 12.3. The van der Waals surface area contributed by atoms with Crippen molar-refractivity contribution < 1.29 is 36.0 Å². The van der Waals surface area contributed by atoms with E-state index in [0.29, 0.717) is 22.6 Å². The molecule has 0 aliphatic carbocycles. The molecule has 46 heavy (non-hydrogen) atoms. The van der Waals surface area contributed by atoms with Gasteiger partial charge in [0.1, 0.15) is 11.5 Å². The number of nitro groups is 1. The second-order valence-corrected chi connectivity index (χ2v) is 12.6. The number of rotatable bonds is 8. The number of sulfonamides is 1. The van der Waals surface area contributed by atoms with Gasteiger partial charge < -0.3 is 14.5 Å². The van der Waals surface area contributed by atoms with Crippen LogP contribution in [0.2, 0.25) is 10.0 Å². The molecule has 1 fully saturated rings. The van der Waals surface area contributed by atoms with Crippen molar-refractivity contribution >= 4 is 56.2 Å². The first-order chi connectivity index (χ1) is 21.7. The van der Waals surface area contributed by atoms with Gasteiger partial charge in [0.25, 0.3) is 21.6 Å². The number of nitrogens with zero attached hydrogens (tertiary/aromatic N) is 3. The first kappa shape index (κ1) is 32.9. The number of hydrogen-bond donors (Lipinski definition) is 1. The number of nitro benzene ring substituents is 1. The van der Waals surface area contributed by atoms with Crippen LogP contribution in [0.4, 0.5) is 30.2 Å². The number of amides is 1. The number of carbonyl (C=O) groups is 1. The Morgan fingerprint density at radius 3 is 2.22 bits per heavy atom. The van der Waals surface area contributed by atoms with E-state index >= 15 is 0 Å². The summed E-state index contributed by atoms with van der Waals surface area (Å²) in [5, 5.41) is 11.6. The SMILES string of the molecule is O=C(c1cc(Cl)ccc1NS(=O)(=O)c1ccc(Oc2ccccc2Cl)cc1)N1CCN(c2ccc([N+](=O)[O-])cc2C(F)(F)F)CC1. The Hall–Kier alpha value is -4.53. The van der Waals surface area contributed by atoms with Crippen molar-refractivity contribution in [1.82, 2.24) is 4.90 Å². The fourth-order valence-electron chi connectivity index (χ4n) is 4.79. The normalized spacial score (nSPS) is 13.8. The number of ether oxygens (including phenoxy) is 1. The predicted octanol–water partition coefficient (Wildman–Crippen LogP) is 7.48. The fraction of sp³-hybridized carbons (Fsp3) is 0.167. The molecule has 0 saturated carbocycles. The van der Waals surface area contributed by atoms with Crippen LogP contribution >= 0.6 is 23.2 Å². The number of para-hydroxylation sites is 1. The summed E-state index contributed by atoms with van der Waals surface area (Å²) in [5.74, 6) is 0.129. The highest BCUT2D eigenvalue weighted by Crippen LogP contribution is 2.39. The molecule has 0 unspecified atom stereocenters. The topological polar surface area (TPSA) is 122 Å². The Morgan fingerprint density at radius 1 is 0.913 bits per heavy atom. The summed E-state index contributed by atoms with van der Waals surface area (Å²) in [6.07, 6.45) is -4.84. The Morgan fingerprint density at radius 2 is 1.59 bits per heavy atom. The molecule has 0 aromatic heterocycles. The molecule has 5 rings (SSSR count). The van der Waals surface area contributed by atoms with Crippen LogP contribution in [0, 0.1) is 10.1 Å². The molecule has 0 bridgehead atoms. The van der Waals surface area contributed by atoms with Crippen LogP contribution in [-0.2, 0) is 16.2 Å².